The van der Waals surface area contributed by atoms with Gasteiger partial charge in [-0.3, -0.25) is 4.79 Å². The number of unbranched alkanes of at least 4 members (excludes halogenated alkanes) is 21. The predicted octanol–water partition coefficient (Wildman–Crippen LogP) is 11.2. The number of halogens is 1. The van der Waals surface area contributed by atoms with Crippen LogP contribution in [0, 0.1) is 0 Å². The van der Waals surface area contributed by atoms with Gasteiger partial charge in [-0.2, -0.15) is 0 Å². The molecule has 0 radical (unpaired) electrons. The molecule has 0 aliphatic rings. The van der Waals surface area contributed by atoms with Crippen LogP contribution in [0.5, 0.6) is 0 Å². The summed E-state index contributed by atoms with van der Waals surface area (Å²) in [6.45, 7) is 5.77. The maximum Gasteiger partial charge on any atom is 0.407 e. The first-order valence-corrected chi connectivity index (χ1v) is 17.8. The normalized spacial score (nSPS) is 11.9. The van der Waals surface area contributed by atoms with E-state index in [4.69, 9.17) is 9.47 Å². The van der Waals surface area contributed by atoms with Gasteiger partial charge in [-0.05, 0) is 25.7 Å². The Labute approximate surface area is 253 Å². The molecule has 0 saturated carbocycles. The van der Waals surface area contributed by atoms with Crippen LogP contribution < -0.4 is 5.32 Å². The summed E-state index contributed by atoms with van der Waals surface area (Å²) in [5, 5.41) is 2.83. The van der Waals surface area contributed by atoms with Crippen molar-refractivity contribution in [2.75, 3.05) is 19.8 Å². The fourth-order valence-electron chi connectivity index (χ4n) is 5.11. The van der Waals surface area contributed by atoms with E-state index in [1.54, 1.807) is 0 Å². The van der Waals surface area contributed by atoms with Crippen molar-refractivity contribution in [3.05, 3.63) is 0 Å². The first-order valence-electron chi connectivity index (χ1n) is 17.8. The van der Waals surface area contributed by atoms with Crippen LogP contribution in [0.25, 0.3) is 0 Å². The zero-order chi connectivity index (χ0) is 30.1. The molecular weight excluding hydrogens is 517 g/mol. The van der Waals surface area contributed by atoms with Crippen molar-refractivity contribution in [1.82, 2.24) is 5.32 Å². The second kappa shape index (κ2) is 33.2. The van der Waals surface area contributed by atoms with Crippen molar-refractivity contribution in [3.63, 3.8) is 0 Å². The standard InChI is InChI=1S/C35H68FNO4/c1-3-5-7-9-10-11-12-13-14-15-16-17-22-26-31-41-35(39)37-30-25-21-18-20-24-28-34(38)40-32-29-33(36)27-23-19-8-6-4-2/h33H,3-32H2,1-2H3,(H,37,39). The topological polar surface area (TPSA) is 64.6 Å². The van der Waals surface area contributed by atoms with Gasteiger partial charge < -0.3 is 14.8 Å². The van der Waals surface area contributed by atoms with Crippen LogP contribution in [-0.2, 0) is 14.3 Å². The molecule has 41 heavy (non-hydrogen) atoms. The van der Waals surface area contributed by atoms with E-state index >= 15 is 0 Å². The fourth-order valence-corrected chi connectivity index (χ4v) is 5.11. The number of carbonyl (C=O) groups excluding carboxylic acids is 2. The zero-order valence-corrected chi connectivity index (χ0v) is 27.3. The number of amides is 1. The smallest absolute Gasteiger partial charge is 0.407 e. The fraction of sp³-hybridized carbons (Fsp3) is 0.943. The highest BCUT2D eigenvalue weighted by Gasteiger charge is 2.09. The summed E-state index contributed by atoms with van der Waals surface area (Å²) in [6, 6.07) is 0. The Morgan fingerprint density at radius 3 is 1.56 bits per heavy atom. The third-order valence-electron chi connectivity index (χ3n) is 7.87. The van der Waals surface area contributed by atoms with Gasteiger partial charge in [0.05, 0.1) is 13.2 Å². The van der Waals surface area contributed by atoms with Gasteiger partial charge >= 0.3 is 12.1 Å². The number of nitrogens with one attached hydrogen (secondary N) is 1. The van der Waals surface area contributed by atoms with Crippen molar-refractivity contribution >= 4 is 12.1 Å². The number of rotatable bonds is 32. The minimum atomic E-state index is -0.862. The van der Waals surface area contributed by atoms with E-state index in [1.165, 1.54) is 96.3 Å². The third-order valence-corrected chi connectivity index (χ3v) is 7.87. The number of esters is 1. The Morgan fingerprint density at radius 2 is 1.00 bits per heavy atom. The Balaban J connectivity index is 3.31. The maximum absolute atomic E-state index is 13.8. The summed E-state index contributed by atoms with van der Waals surface area (Å²) < 4.78 is 24.3. The van der Waals surface area contributed by atoms with Crippen LogP contribution >= 0.6 is 0 Å². The first kappa shape index (κ1) is 39.7. The summed E-state index contributed by atoms with van der Waals surface area (Å²) in [5.74, 6) is -0.219. The lowest BCUT2D eigenvalue weighted by Gasteiger charge is -2.09. The maximum atomic E-state index is 13.8. The second-order valence-electron chi connectivity index (χ2n) is 12.0. The molecule has 0 aromatic carbocycles. The number of alkyl halides is 1. The van der Waals surface area contributed by atoms with Gasteiger partial charge in [0, 0.05) is 19.4 Å². The molecule has 5 nitrogen and oxygen atoms in total. The molecule has 244 valence electrons. The third kappa shape index (κ3) is 33.0. The van der Waals surface area contributed by atoms with Crippen molar-refractivity contribution < 1.29 is 23.5 Å². The van der Waals surface area contributed by atoms with E-state index in [1.807, 2.05) is 0 Å². The molecule has 1 unspecified atom stereocenters. The molecule has 0 aromatic heterocycles. The Kier molecular flexibility index (Phi) is 32.1. The average molecular weight is 586 g/mol. The van der Waals surface area contributed by atoms with Crippen molar-refractivity contribution in [2.45, 2.75) is 193 Å². The lowest BCUT2D eigenvalue weighted by atomic mass is 10.0. The van der Waals surface area contributed by atoms with Crippen molar-refractivity contribution in [1.29, 1.82) is 0 Å². The highest BCUT2D eigenvalue weighted by Crippen LogP contribution is 2.14. The minimum absolute atomic E-state index is 0.191. The molecule has 0 spiro atoms. The molecular formula is C35H68FNO4. The molecule has 0 heterocycles. The van der Waals surface area contributed by atoms with Gasteiger partial charge in [-0.1, -0.05) is 149 Å². The number of ether oxygens (including phenoxy) is 2. The summed E-state index contributed by atoms with van der Waals surface area (Å²) in [7, 11) is 0. The molecule has 0 fully saturated rings. The molecule has 0 saturated heterocycles. The molecule has 1 N–H and O–H groups in total. The van der Waals surface area contributed by atoms with Gasteiger partial charge in [0.2, 0.25) is 0 Å². The second-order valence-corrected chi connectivity index (χ2v) is 12.0. The summed E-state index contributed by atoms with van der Waals surface area (Å²) in [6.07, 6.45) is 28.9. The molecule has 0 aliphatic heterocycles. The number of hydrogen-bond donors (Lipinski definition) is 1. The predicted molar refractivity (Wildman–Crippen MR) is 171 cm³/mol. The Morgan fingerprint density at radius 1 is 0.537 bits per heavy atom. The summed E-state index contributed by atoms with van der Waals surface area (Å²) in [4.78, 5) is 23.6. The van der Waals surface area contributed by atoms with Gasteiger partial charge in [0.15, 0.2) is 0 Å². The monoisotopic (exact) mass is 586 g/mol. The van der Waals surface area contributed by atoms with Crippen LogP contribution in [-0.4, -0.2) is 38.0 Å². The molecule has 1 amide bonds. The van der Waals surface area contributed by atoms with E-state index in [2.05, 4.69) is 19.2 Å². The molecule has 0 bridgehead atoms. The van der Waals surface area contributed by atoms with E-state index in [0.29, 0.717) is 32.4 Å². The molecule has 0 aliphatic carbocycles. The van der Waals surface area contributed by atoms with Crippen LogP contribution in [0.4, 0.5) is 9.18 Å². The number of alkyl carbamates (subject to hydrolysis) is 1. The summed E-state index contributed by atoms with van der Waals surface area (Å²) in [5.41, 5.74) is 0. The van der Waals surface area contributed by atoms with Crippen LogP contribution in [0.3, 0.4) is 0 Å². The van der Waals surface area contributed by atoms with Crippen molar-refractivity contribution in [3.8, 4) is 0 Å². The van der Waals surface area contributed by atoms with E-state index < -0.39 is 6.17 Å². The molecule has 6 heteroatoms. The zero-order valence-electron chi connectivity index (χ0n) is 27.3. The average Bonchev–Trinajstić information content (AvgIpc) is 2.96. The number of carbonyl (C=O) groups is 2. The lowest BCUT2D eigenvalue weighted by Crippen LogP contribution is -2.25. The highest BCUT2D eigenvalue weighted by atomic mass is 19.1. The van der Waals surface area contributed by atoms with E-state index in [9.17, 15) is 14.0 Å². The molecule has 0 aromatic rings. The Hall–Kier alpha value is -1.33. The van der Waals surface area contributed by atoms with E-state index in [-0.39, 0.29) is 18.7 Å². The van der Waals surface area contributed by atoms with Crippen molar-refractivity contribution in [2.24, 2.45) is 0 Å². The number of hydrogen-bond acceptors (Lipinski definition) is 4. The SMILES string of the molecule is CCCCCCCCCCCCCCCCOC(=O)NCCCCCCCC(=O)OCCC(F)CCCCCCC. The quantitative estimate of drug-likeness (QED) is 0.0630. The minimum Gasteiger partial charge on any atom is -0.466 e. The largest absolute Gasteiger partial charge is 0.466 e. The molecule has 0 rings (SSSR count). The van der Waals surface area contributed by atoms with E-state index in [0.717, 1.165) is 57.8 Å². The molecule has 1 atom stereocenters. The van der Waals surface area contributed by atoms with Crippen LogP contribution in [0.15, 0.2) is 0 Å². The first-order chi connectivity index (χ1) is 20.1. The van der Waals surface area contributed by atoms with Gasteiger partial charge in [-0.15, -0.1) is 0 Å². The lowest BCUT2D eigenvalue weighted by molar-refractivity contribution is -0.144. The van der Waals surface area contributed by atoms with Gasteiger partial charge in [0.1, 0.15) is 6.17 Å². The van der Waals surface area contributed by atoms with Gasteiger partial charge in [-0.25, -0.2) is 9.18 Å². The van der Waals surface area contributed by atoms with Gasteiger partial charge in [0.25, 0.3) is 0 Å². The highest BCUT2D eigenvalue weighted by molar-refractivity contribution is 5.69. The summed E-state index contributed by atoms with van der Waals surface area (Å²) >= 11 is 0. The van der Waals surface area contributed by atoms with Crippen LogP contribution in [0.2, 0.25) is 0 Å². The Bertz CT molecular complexity index is 560. The van der Waals surface area contributed by atoms with Crippen LogP contribution in [0.1, 0.15) is 187 Å².